The molecule has 0 atom stereocenters. The second-order valence-electron chi connectivity index (χ2n) is 6.24. The maximum Gasteiger partial charge on any atom is 0.226 e. The van der Waals surface area contributed by atoms with E-state index in [1.54, 1.807) is 7.11 Å². The summed E-state index contributed by atoms with van der Waals surface area (Å²) in [5.41, 5.74) is 2.28. The van der Waals surface area contributed by atoms with Gasteiger partial charge in [-0.1, -0.05) is 35.9 Å². The maximum atomic E-state index is 12.5. The SMILES string of the molecule is COc1cccc(C2CCN(C(=O)Cc3cccc(Cl)c3)CC2)c1. The van der Waals surface area contributed by atoms with Crippen LogP contribution >= 0.6 is 11.6 Å². The molecule has 0 N–H and O–H groups in total. The molecule has 4 heteroatoms. The molecule has 24 heavy (non-hydrogen) atoms. The molecule has 0 unspecified atom stereocenters. The van der Waals surface area contributed by atoms with Gasteiger partial charge in [0.25, 0.3) is 0 Å². The van der Waals surface area contributed by atoms with Crippen LogP contribution in [0.1, 0.15) is 29.9 Å². The van der Waals surface area contributed by atoms with Gasteiger partial charge in [-0.2, -0.15) is 0 Å². The van der Waals surface area contributed by atoms with Gasteiger partial charge in [0.2, 0.25) is 5.91 Å². The van der Waals surface area contributed by atoms with Crippen molar-refractivity contribution in [3.8, 4) is 5.75 Å². The lowest BCUT2D eigenvalue weighted by molar-refractivity contribution is -0.131. The first-order valence-corrected chi connectivity index (χ1v) is 8.69. The van der Waals surface area contributed by atoms with E-state index in [1.807, 2.05) is 41.3 Å². The molecule has 0 spiro atoms. The van der Waals surface area contributed by atoms with Crippen LogP contribution in [-0.4, -0.2) is 31.0 Å². The van der Waals surface area contributed by atoms with Gasteiger partial charge in [-0.25, -0.2) is 0 Å². The van der Waals surface area contributed by atoms with Gasteiger partial charge < -0.3 is 9.64 Å². The number of carbonyl (C=O) groups is 1. The van der Waals surface area contributed by atoms with E-state index < -0.39 is 0 Å². The van der Waals surface area contributed by atoms with E-state index in [1.165, 1.54) is 5.56 Å². The Balaban J connectivity index is 1.57. The lowest BCUT2D eigenvalue weighted by atomic mass is 9.89. The Kier molecular flexibility index (Phi) is 5.41. The number of ether oxygens (including phenoxy) is 1. The summed E-state index contributed by atoms with van der Waals surface area (Å²) in [5.74, 6) is 1.57. The molecule has 2 aromatic rings. The number of methoxy groups -OCH3 is 1. The van der Waals surface area contributed by atoms with Crippen molar-refractivity contribution in [1.29, 1.82) is 0 Å². The summed E-state index contributed by atoms with van der Waals surface area (Å²) in [7, 11) is 1.69. The predicted octanol–water partition coefficient (Wildman–Crippen LogP) is 4.30. The highest BCUT2D eigenvalue weighted by molar-refractivity contribution is 6.30. The van der Waals surface area contributed by atoms with Crippen molar-refractivity contribution in [2.75, 3.05) is 20.2 Å². The van der Waals surface area contributed by atoms with Gasteiger partial charge in [0.1, 0.15) is 5.75 Å². The Morgan fingerprint density at radius 1 is 1.17 bits per heavy atom. The van der Waals surface area contributed by atoms with Crippen molar-refractivity contribution in [3.05, 3.63) is 64.7 Å². The van der Waals surface area contributed by atoms with E-state index in [9.17, 15) is 4.79 Å². The van der Waals surface area contributed by atoms with E-state index in [4.69, 9.17) is 16.3 Å². The van der Waals surface area contributed by atoms with Crippen molar-refractivity contribution < 1.29 is 9.53 Å². The number of likely N-dealkylation sites (tertiary alicyclic amines) is 1. The zero-order valence-electron chi connectivity index (χ0n) is 13.9. The third-order valence-corrected chi connectivity index (χ3v) is 4.89. The van der Waals surface area contributed by atoms with Crippen LogP contribution in [0.3, 0.4) is 0 Å². The average molecular weight is 344 g/mol. The van der Waals surface area contributed by atoms with Crippen molar-refractivity contribution in [3.63, 3.8) is 0 Å². The molecule has 0 bridgehead atoms. The largest absolute Gasteiger partial charge is 0.497 e. The zero-order valence-corrected chi connectivity index (χ0v) is 14.6. The summed E-state index contributed by atoms with van der Waals surface area (Å²) >= 11 is 5.99. The second-order valence-corrected chi connectivity index (χ2v) is 6.67. The molecule has 1 fully saturated rings. The molecule has 0 aliphatic carbocycles. The van der Waals surface area contributed by atoms with Crippen LogP contribution in [-0.2, 0) is 11.2 Å². The third-order valence-electron chi connectivity index (χ3n) is 4.66. The van der Waals surface area contributed by atoms with Crippen LogP contribution < -0.4 is 4.74 Å². The zero-order chi connectivity index (χ0) is 16.9. The Morgan fingerprint density at radius 2 is 1.92 bits per heavy atom. The molecule has 1 aliphatic heterocycles. The number of carbonyl (C=O) groups excluding carboxylic acids is 1. The van der Waals surface area contributed by atoms with Gasteiger partial charge >= 0.3 is 0 Å². The van der Waals surface area contributed by atoms with E-state index in [-0.39, 0.29) is 5.91 Å². The van der Waals surface area contributed by atoms with Gasteiger partial charge in [-0.15, -0.1) is 0 Å². The standard InChI is InChI=1S/C20H22ClNO2/c1-24-19-7-3-5-17(14-19)16-8-10-22(11-9-16)20(23)13-15-4-2-6-18(21)12-15/h2-7,12,14,16H,8-11,13H2,1H3. The first-order chi connectivity index (χ1) is 11.7. The molecule has 1 amide bonds. The second kappa shape index (κ2) is 7.71. The summed E-state index contributed by atoms with van der Waals surface area (Å²) in [4.78, 5) is 14.5. The van der Waals surface area contributed by atoms with E-state index >= 15 is 0 Å². The lowest BCUT2D eigenvalue weighted by Gasteiger charge is -2.32. The van der Waals surface area contributed by atoms with Crippen LogP contribution in [0.4, 0.5) is 0 Å². The highest BCUT2D eigenvalue weighted by Gasteiger charge is 2.24. The highest BCUT2D eigenvalue weighted by Crippen LogP contribution is 2.30. The minimum absolute atomic E-state index is 0.182. The van der Waals surface area contributed by atoms with Gasteiger partial charge in [-0.05, 0) is 54.2 Å². The quantitative estimate of drug-likeness (QED) is 0.828. The molecule has 3 rings (SSSR count). The Labute approximate surface area is 148 Å². The first kappa shape index (κ1) is 16.8. The molecule has 1 aliphatic rings. The number of piperidine rings is 1. The molecule has 1 saturated heterocycles. The minimum Gasteiger partial charge on any atom is -0.497 e. The molecule has 0 aromatic heterocycles. The molecule has 1 heterocycles. The van der Waals surface area contributed by atoms with E-state index in [0.717, 1.165) is 37.2 Å². The summed E-state index contributed by atoms with van der Waals surface area (Å²) in [6.45, 7) is 1.61. The molecular weight excluding hydrogens is 322 g/mol. The van der Waals surface area contributed by atoms with Crippen LogP contribution in [0, 0.1) is 0 Å². The minimum atomic E-state index is 0.182. The molecule has 0 radical (unpaired) electrons. The average Bonchev–Trinajstić information content (AvgIpc) is 2.62. The Morgan fingerprint density at radius 3 is 2.62 bits per heavy atom. The maximum absolute atomic E-state index is 12.5. The van der Waals surface area contributed by atoms with Crippen LogP contribution in [0.2, 0.25) is 5.02 Å². The van der Waals surface area contributed by atoms with Crippen LogP contribution in [0.15, 0.2) is 48.5 Å². The smallest absolute Gasteiger partial charge is 0.226 e. The lowest BCUT2D eigenvalue weighted by Crippen LogP contribution is -2.38. The molecule has 126 valence electrons. The molecule has 0 saturated carbocycles. The number of amides is 1. The number of benzene rings is 2. The molecule has 3 nitrogen and oxygen atoms in total. The summed E-state index contributed by atoms with van der Waals surface area (Å²) in [6, 6.07) is 15.8. The van der Waals surface area contributed by atoms with Gasteiger partial charge in [0, 0.05) is 18.1 Å². The number of rotatable bonds is 4. The van der Waals surface area contributed by atoms with Gasteiger partial charge in [-0.3, -0.25) is 4.79 Å². The van der Waals surface area contributed by atoms with E-state index in [0.29, 0.717) is 17.4 Å². The topological polar surface area (TPSA) is 29.5 Å². The normalized spacial score (nSPS) is 15.3. The Hall–Kier alpha value is -2.00. The predicted molar refractivity (Wildman–Crippen MR) is 96.7 cm³/mol. The fourth-order valence-corrected chi connectivity index (χ4v) is 3.50. The fourth-order valence-electron chi connectivity index (χ4n) is 3.29. The highest BCUT2D eigenvalue weighted by atomic mass is 35.5. The molecule has 2 aromatic carbocycles. The summed E-state index contributed by atoms with van der Waals surface area (Å²) in [5, 5.41) is 0.678. The van der Waals surface area contributed by atoms with Crippen molar-refractivity contribution >= 4 is 17.5 Å². The van der Waals surface area contributed by atoms with Crippen molar-refractivity contribution in [1.82, 2.24) is 4.90 Å². The van der Waals surface area contributed by atoms with Crippen LogP contribution in [0.5, 0.6) is 5.75 Å². The Bertz CT molecular complexity index is 708. The van der Waals surface area contributed by atoms with Gasteiger partial charge in [0.05, 0.1) is 13.5 Å². The number of hydrogen-bond donors (Lipinski definition) is 0. The third kappa shape index (κ3) is 4.09. The van der Waals surface area contributed by atoms with E-state index in [2.05, 4.69) is 12.1 Å². The fraction of sp³-hybridized carbons (Fsp3) is 0.350. The van der Waals surface area contributed by atoms with Crippen LogP contribution in [0.25, 0.3) is 0 Å². The van der Waals surface area contributed by atoms with Gasteiger partial charge in [0.15, 0.2) is 0 Å². The number of hydrogen-bond acceptors (Lipinski definition) is 2. The number of halogens is 1. The molecular formula is C20H22ClNO2. The first-order valence-electron chi connectivity index (χ1n) is 8.32. The number of nitrogens with zero attached hydrogens (tertiary/aromatic N) is 1. The summed E-state index contributed by atoms with van der Waals surface area (Å²) in [6.07, 6.45) is 2.41. The monoisotopic (exact) mass is 343 g/mol. The van der Waals surface area contributed by atoms with Crippen molar-refractivity contribution in [2.45, 2.75) is 25.2 Å². The van der Waals surface area contributed by atoms with Crippen molar-refractivity contribution in [2.24, 2.45) is 0 Å². The summed E-state index contributed by atoms with van der Waals surface area (Å²) < 4.78 is 5.31.